The van der Waals surface area contributed by atoms with E-state index < -0.39 is 12.7 Å². The average molecular weight is 345 g/mol. The van der Waals surface area contributed by atoms with Crippen LogP contribution in [0.5, 0.6) is 5.75 Å². The summed E-state index contributed by atoms with van der Waals surface area (Å²) in [6, 6.07) is 6.67. The van der Waals surface area contributed by atoms with Crippen molar-refractivity contribution in [1.29, 1.82) is 0 Å². The third-order valence-corrected chi connectivity index (χ3v) is 3.92. The van der Waals surface area contributed by atoms with E-state index in [1.54, 1.807) is 17.0 Å². The van der Waals surface area contributed by atoms with Gasteiger partial charge < -0.3 is 15.3 Å². The molecular weight excluding hydrogens is 323 g/mol. The van der Waals surface area contributed by atoms with Gasteiger partial charge in [-0.15, -0.1) is 0 Å². The van der Waals surface area contributed by atoms with Gasteiger partial charge in [0.15, 0.2) is 0 Å². The molecule has 134 valence electrons. The summed E-state index contributed by atoms with van der Waals surface area (Å²) in [5.74, 6) is 0.219. The van der Waals surface area contributed by atoms with Crippen molar-refractivity contribution >= 4 is 6.03 Å². The van der Waals surface area contributed by atoms with Crippen molar-refractivity contribution < 1.29 is 23.1 Å². The van der Waals surface area contributed by atoms with Crippen molar-refractivity contribution in [1.82, 2.24) is 15.1 Å². The molecule has 0 bridgehead atoms. The van der Waals surface area contributed by atoms with E-state index in [-0.39, 0.29) is 24.9 Å². The highest BCUT2D eigenvalue weighted by Crippen LogP contribution is 2.17. The molecule has 1 fully saturated rings. The quantitative estimate of drug-likeness (QED) is 0.805. The second-order valence-corrected chi connectivity index (χ2v) is 5.88. The number of benzene rings is 1. The van der Waals surface area contributed by atoms with Gasteiger partial charge in [-0.25, -0.2) is 4.79 Å². The Balaban J connectivity index is 1.62. The van der Waals surface area contributed by atoms with Crippen LogP contribution in [-0.2, 0) is 6.42 Å². The number of phenols is 1. The molecule has 1 aromatic rings. The molecule has 0 aliphatic carbocycles. The van der Waals surface area contributed by atoms with Crippen LogP contribution in [0.3, 0.4) is 0 Å². The van der Waals surface area contributed by atoms with Gasteiger partial charge in [-0.3, -0.25) is 4.90 Å². The fourth-order valence-electron chi connectivity index (χ4n) is 2.62. The van der Waals surface area contributed by atoms with E-state index in [9.17, 15) is 23.1 Å². The van der Waals surface area contributed by atoms with Crippen molar-refractivity contribution in [2.75, 3.05) is 39.3 Å². The first-order chi connectivity index (χ1) is 11.3. The number of rotatable bonds is 5. The van der Waals surface area contributed by atoms with Gasteiger partial charge in [0.25, 0.3) is 0 Å². The van der Waals surface area contributed by atoms with Gasteiger partial charge in [0.2, 0.25) is 0 Å². The Labute approximate surface area is 139 Å². The predicted octanol–water partition coefficient (Wildman–Crippen LogP) is 2.21. The summed E-state index contributed by atoms with van der Waals surface area (Å²) in [4.78, 5) is 14.9. The summed E-state index contributed by atoms with van der Waals surface area (Å²) in [6.45, 7) is 0.665. The molecular formula is C16H22F3N3O2. The maximum absolute atomic E-state index is 12.3. The normalized spacial score (nSPS) is 16.2. The van der Waals surface area contributed by atoms with Gasteiger partial charge in [0.1, 0.15) is 5.75 Å². The van der Waals surface area contributed by atoms with Crippen LogP contribution in [0.15, 0.2) is 24.3 Å². The number of phenolic OH excluding ortho intramolecular Hbond substituents is 1. The van der Waals surface area contributed by atoms with Crippen molar-refractivity contribution in [3.63, 3.8) is 0 Å². The number of amides is 2. The van der Waals surface area contributed by atoms with Crippen LogP contribution in [0.25, 0.3) is 0 Å². The van der Waals surface area contributed by atoms with Crippen LogP contribution in [0.2, 0.25) is 0 Å². The highest BCUT2D eigenvalue weighted by atomic mass is 19.4. The lowest BCUT2D eigenvalue weighted by Crippen LogP contribution is -2.53. The molecule has 1 aliphatic rings. The first-order valence-corrected chi connectivity index (χ1v) is 7.93. The lowest BCUT2D eigenvalue weighted by molar-refractivity contribution is -0.148. The van der Waals surface area contributed by atoms with E-state index in [1.165, 1.54) is 4.90 Å². The van der Waals surface area contributed by atoms with Crippen LogP contribution in [-0.4, -0.2) is 66.4 Å². The van der Waals surface area contributed by atoms with E-state index in [0.717, 1.165) is 18.4 Å². The molecule has 0 saturated carbocycles. The molecule has 24 heavy (non-hydrogen) atoms. The minimum atomic E-state index is -4.20. The fraction of sp³-hybridized carbons (Fsp3) is 0.562. The number of nitrogens with zero attached hydrogens (tertiary/aromatic N) is 2. The molecule has 0 radical (unpaired) electrons. The van der Waals surface area contributed by atoms with Gasteiger partial charge in [-0.1, -0.05) is 12.1 Å². The topological polar surface area (TPSA) is 55.8 Å². The van der Waals surface area contributed by atoms with Crippen LogP contribution in [0, 0.1) is 0 Å². The number of carbonyl (C=O) groups is 1. The minimum Gasteiger partial charge on any atom is -0.508 e. The molecule has 8 heteroatoms. The van der Waals surface area contributed by atoms with Crippen molar-refractivity contribution in [3.05, 3.63) is 29.8 Å². The Morgan fingerprint density at radius 1 is 1.12 bits per heavy atom. The number of urea groups is 1. The third kappa shape index (κ3) is 6.27. The molecule has 1 heterocycles. The van der Waals surface area contributed by atoms with Crippen molar-refractivity contribution in [2.45, 2.75) is 19.0 Å². The number of nitrogens with one attached hydrogen (secondary N) is 1. The number of aromatic hydroxyl groups is 1. The zero-order chi connectivity index (χ0) is 17.6. The van der Waals surface area contributed by atoms with E-state index in [1.807, 2.05) is 12.1 Å². The fourth-order valence-corrected chi connectivity index (χ4v) is 2.62. The lowest BCUT2D eigenvalue weighted by atomic mass is 10.1. The minimum absolute atomic E-state index is 0.219. The summed E-state index contributed by atoms with van der Waals surface area (Å²) in [5, 5.41) is 12.0. The number of halogens is 3. The molecule has 0 atom stereocenters. The number of alkyl halides is 3. The maximum atomic E-state index is 12.3. The third-order valence-electron chi connectivity index (χ3n) is 3.92. The molecule has 2 rings (SSSR count). The standard InChI is InChI=1S/C16H22F3N3O2/c17-16(18,19)12-21-8-10-22(11-9-21)15(24)20-7-1-2-13-3-5-14(23)6-4-13/h3-6,23H,1-2,7-12H2,(H,20,24). The smallest absolute Gasteiger partial charge is 0.401 e. The molecule has 0 aromatic heterocycles. The zero-order valence-corrected chi connectivity index (χ0v) is 13.4. The second-order valence-electron chi connectivity index (χ2n) is 5.88. The summed E-state index contributed by atoms with van der Waals surface area (Å²) in [7, 11) is 0. The number of piperazine rings is 1. The number of hydrogen-bond donors (Lipinski definition) is 2. The molecule has 1 aliphatic heterocycles. The number of carbonyl (C=O) groups excluding carboxylic acids is 1. The molecule has 1 saturated heterocycles. The molecule has 0 spiro atoms. The second kappa shape index (κ2) is 8.23. The molecule has 5 nitrogen and oxygen atoms in total. The first kappa shape index (κ1) is 18.4. The van der Waals surface area contributed by atoms with Gasteiger partial charge >= 0.3 is 12.2 Å². The van der Waals surface area contributed by atoms with Gasteiger partial charge in [-0.05, 0) is 30.5 Å². The predicted molar refractivity (Wildman–Crippen MR) is 83.9 cm³/mol. The number of aryl methyl sites for hydroxylation is 1. The van der Waals surface area contributed by atoms with Gasteiger partial charge in [0.05, 0.1) is 6.54 Å². The average Bonchev–Trinajstić information content (AvgIpc) is 2.52. The molecule has 2 amide bonds. The molecule has 0 unspecified atom stereocenters. The highest BCUT2D eigenvalue weighted by molar-refractivity contribution is 5.74. The Bertz CT molecular complexity index is 526. The highest BCUT2D eigenvalue weighted by Gasteiger charge is 2.32. The summed E-state index contributed by atoms with van der Waals surface area (Å²) in [5.41, 5.74) is 1.07. The van der Waals surface area contributed by atoms with E-state index in [0.29, 0.717) is 19.6 Å². The maximum Gasteiger partial charge on any atom is 0.401 e. The van der Waals surface area contributed by atoms with Crippen molar-refractivity contribution in [3.8, 4) is 5.75 Å². The lowest BCUT2D eigenvalue weighted by Gasteiger charge is -2.34. The Morgan fingerprint density at radius 3 is 2.33 bits per heavy atom. The SMILES string of the molecule is O=C(NCCCc1ccc(O)cc1)N1CCN(CC(F)(F)F)CC1. The summed E-state index contributed by atoms with van der Waals surface area (Å²) < 4.78 is 36.9. The largest absolute Gasteiger partial charge is 0.508 e. The van der Waals surface area contributed by atoms with Crippen molar-refractivity contribution in [2.24, 2.45) is 0 Å². The Kier molecular flexibility index (Phi) is 6.30. The van der Waals surface area contributed by atoms with E-state index >= 15 is 0 Å². The van der Waals surface area contributed by atoms with Crippen LogP contribution < -0.4 is 5.32 Å². The van der Waals surface area contributed by atoms with E-state index in [2.05, 4.69) is 5.32 Å². The molecule has 2 N–H and O–H groups in total. The summed E-state index contributed by atoms with van der Waals surface area (Å²) >= 11 is 0. The monoisotopic (exact) mass is 345 g/mol. The first-order valence-electron chi connectivity index (χ1n) is 7.93. The Hall–Kier alpha value is -1.96. The van der Waals surface area contributed by atoms with Crippen LogP contribution in [0.1, 0.15) is 12.0 Å². The van der Waals surface area contributed by atoms with Crippen LogP contribution >= 0.6 is 0 Å². The summed E-state index contributed by atoms with van der Waals surface area (Å²) in [6.07, 6.45) is -2.66. The van der Waals surface area contributed by atoms with Gasteiger partial charge in [-0.2, -0.15) is 13.2 Å². The van der Waals surface area contributed by atoms with E-state index in [4.69, 9.17) is 0 Å². The Morgan fingerprint density at radius 2 is 1.75 bits per heavy atom. The number of hydrogen-bond acceptors (Lipinski definition) is 3. The molecule has 1 aromatic carbocycles. The van der Waals surface area contributed by atoms with Gasteiger partial charge in [0, 0.05) is 32.7 Å². The van der Waals surface area contributed by atoms with Crippen LogP contribution in [0.4, 0.5) is 18.0 Å². The zero-order valence-electron chi connectivity index (χ0n) is 13.4.